The Labute approximate surface area is 169 Å². The number of likely N-dealkylation sites (tertiary alicyclic amines) is 2. The summed E-state index contributed by atoms with van der Waals surface area (Å²) in [5.74, 6) is 2.57. The SMILES string of the molecule is CN=C(NCC1CCN(C)CC1)NCC(c1cccs1)N1CCC(C)CC1. The molecule has 2 saturated heterocycles. The van der Waals surface area contributed by atoms with Crippen LogP contribution in [0.2, 0.25) is 0 Å². The Balaban J connectivity index is 1.50. The van der Waals surface area contributed by atoms with Crippen molar-refractivity contribution < 1.29 is 0 Å². The second-order valence-corrected chi connectivity index (χ2v) is 9.31. The van der Waals surface area contributed by atoms with Gasteiger partial charge in [0.1, 0.15) is 0 Å². The van der Waals surface area contributed by atoms with Crippen molar-refractivity contribution in [3.63, 3.8) is 0 Å². The van der Waals surface area contributed by atoms with Crippen molar-refractivity contribution in [3.8, 4) is 0 Å². The third kappa shape index (κ3) is 6.19. The number of thiophene rings is 1. The first kappa shape index (κ1) is 20.6. The van der Waals surface area contributed by atoms with Gasteiger partial charge in [-0.25, -0.2) is 0 Å². The molecule has 0 aromatic carbocycles. The monoisotopic (exact) mass is 391 g/mol. The van der Waals surface area contributed by atoms with Gasteiger partial charge in [0.15, 0.2) is 5.96 Å². The molecule has 152 valence electrons. The number of piperidine rings is 2. The highest BCUT2D eigenvalue weighted by Crippen LogP contribution is 2.29. The van der Waals surface area contributed by atoms with E-state index in [2.05, 4.69) is 56.9 Å². The number of nitrogens with one attached hydrogen (secondary N) is 2. The number of aliphatic imine (C=N–C) groups is 1. The second-order valence-electron chi connectivity index (χ2n) is 8.33. The second kappa shape index (κ2) is 10.4. The highest BCUT2D eigenvalue weighted by Gasteiger charge is 2.25. The van der Waals surface area contributed by atoms with E-state index in [-0.39, 0.29) is 0 Å². The molecule has 0 bridgehead atoms. The van der Waals surface area contributed by atoms with Gasteiger partial charge in [-0.2, -0.15) is 0 Å². The third-order valence-corrected chi connectivity index (χ3v) is 7.19. The highest BCUT2D eigenvalue weighted by molar-refractivity contribution is 7.10. The van der Waals surface area contributed by atoms with Gasteiger partial charge in [0.2, 0.25) is 0 Å². The number of rotatable bonds is 6. The van der Waals surface area contributed by atoms with Gasteiger partial charge >= 0.3 is 0 Å². The van der Waals surface area contributed by atoms with Crippen molar-refractivity contribution in [2.45, 2.75) is 38.6 Å². The Bertz CT molecular complexity index is 557. The fourth-order valence-corrected chi connectivity index (χ4v) is 5.01. The molecule has 27 heavy (non-hydrogen) atoms. The van der Waals surface area contributed by atoms with E-state index in [0.717, 1.165) is 30.9 Å². The molecule has 1 aromatic rings. The number of hydrogen-bond donors (Lipinski definition) is 2. The molecule has 0 radical (unpaired) electrons. The molecule has 0 spiro atoms. The van der Waals surface area contributed by atoms with Crippen LogP contribution in [-0.2, 0) is 0 Å². The molecular weight excluding hydrogens is 354 g/mol. The molecule has 2 N–H and O–H groups in total. The van der Waals surface area contributed by atoms with E-state index >= 15 is 0 Å². The fraction of sp³-hybridized carbons (Fsp3) is 0.762. The lowest BCUT2D eigenvalue weighted by atomic mass is 9.97. The standard InChI is InChI=1S/C21H37N5S/c1-17-6-12-26(13-7-17)19(20-5-4-14-27-20)16-24-21(22-2)23-15-18-8-10-25(3)11-9-18/h4-5,14,17-19H,6-13,15-16H2,1-3H3,(H2,22,23,24). The van der Waals surface area contributed by atoms with Gasteiger partial charge in [-0.15, -0.1) is 11.3 Å². The molecule has 1 unspecified atom stereocenters. The lowest BCUT2D eigenvalue weighted by Gasteiger charge is -2.36. The molecule has 0 amide bonds. The average Bonchev–Trinajstić information content (AvgIpc) is 3.21. The minimum Gasteiger partial charge on any atom is -0.356 e. The minimum absolute atomic E-state index is 0.444. The summed E-state index contributed by atoms with van der Waals surface area (Å²) in [6.07, 6.45) is 5.19. The first-order valence-corrected chi connectivity index (χ1v) is 11.4. The zero-order chi connectivity index (χ0) is 19.1. The maximum Gasteiger partial charge on any atom is 0.191 e. The van der Waals surface area contributed by atoms with Crippen LogP contribution in [0.15, 0.2) is 22.5 Å². The predicted molar refractivity (Wildman–Crippen MR) is 117 cm³/mol. The van der Waals surface area contributed by atoms with E-state index in [1.54, 1.807) is 0 Å². The van der Waals surface area contributed by atoms with Crippen LogP contribution in [0, 0.1) is 11.8 Å². The quantitative estimate of drug-likeness (QED) is 0.578. The lowest BCUT2D eigenvalue weighted by molar-refractivity contribution is 0.140. The van der Waals surface area contributed by atoms with Crippen molar-refractivity contribution in [2.24, 2.45) is 16.8 Å². The van der Waals surface area contributed by atoms with Crippen molar-refractivity contribution in [2.75, 3.05) is 53.4 Å². The summed E-state index contributed by atoms with van der Waals surface area (Å²) < 4.78 is 0. The minimum atomic E-state index is 0.444. The summed E-state index contributed by atoms with van der Waals surface area (Å²) in [6.45, 7) is 9.16. The van der Waals surface area contributed by atoms with Gasteiger partial charge in [0.25, 0.3) is 0 Å². The summed E-state index contributed by atoms with van der Waals surface area (Å²) in [5.41, 5.74) is 0. The highest BCUT2D eigenvalue weighted by atomic mass is 32.1. The van der Waals surface area contributed by atoms with Crippen LogP contribution < -0.4 is 10.6 Å². The van der Waals surface area contributed by atoms with Gasteiger partial charge in [0, 0.05) is 25.0 Å². The largest absolute Gasteiger partial charge is 0.356 e. The van der Waals surface area contributed by atoms with Crippen molar-refractivity contribution in [3.05, 3.63) is 22.4 Å². The maximum atomic E-state index is 4.47. The van der Waals surface area contributed by atoms with Crippen LogP contribution >= 0.6 is 11.3 Å². The van der Waals surface area contributed by atoms with Gasteiger partial charge in [-0.05, 0) is 82.2 Å². The predicted octanol–water partition coefficient (Wildman–Crippen LogP) is 3.03. The van der Waals surface area contributed by atoms with Crippen LogP contribution in [0.4, 0.5) is 0 Å². The topological polar surface area (TPSA) is 42.9 Å². The van der Waals surface area contributed by atoms with E-state index in [9.17, 15) is 0 Å². The normalized spacial score (nSPS) is 22.7. The van der Waals surface area contributed by atoms with Crippen molar-refractivity contribution >= 4 is 17.3 Å². The summed E-state index contributed by atoms with van der Waals surface area (Å²) in [5, 5.41) is 9.37. The molecule has 1 atom stereocenters. The van der Waals surface area contributed by atoms with Crippen LogP contribution in [0.1, 0.15) is 43.5 Å². The van der Waals surface area contributed by atoms with Crippen molar-refractivity contribution in [1.29, 1.82) is 0 Å². The zero-order valence-corrected chi connectivity index (χ0v) is 18.1. The fourth-order valence-electron chi connectivity index (χ4n) is 4.15. The summed E-state index contributed by atoms with van der Waals surface area (Å²) in [6, 6.07) is 4.90. The van der Waals surface area contributed by atoms with E-state index in [4.69, 9.17) is 0 Å². The Hall–Kier alpha value is -1.11. The first-order valence-electron chi connectivity index (χ1n) is 10.6. The smallest absolute Gasteiger partial charge is 0.191 e. The molecule has 2 aliphatic rings. The average molecular weight is 392 g/mol. The van der Waals surface area contributed by atoms with Gasteiger partial charge in [-0.3, -0.25) is 9.89 Å². The van der Waals surface area contributed by atoms with Crippen LogP contribution in [0.5, 0.6) is 0 Å². The summed E-state index contributed by atoms with van der Waals surface area (Å²) in [7, 11) is 4.10. The van der Waals surface area contributed by atoms with E-state index in [1.807, 2.05) is 18.4 Å². The molecular formula is C21H37N5S. The molecule has 0 saturated carbocycles. The molecule has 2 aliphatic heterocycles. The lowest BCUT2D eigenvalue weighted by Crippen LogP contribution is -2.46. The third-order valence-electron chi connectivity index (χ3n) is 6.21. The van der Waals surface area contributed by atoms with E-state index in [0.29, 0.717) is 6.04 Å². The Morgan fingerprint density at radius 3 is 2.56 bits per heavy atom. The summed E-state index contributed by atoms with van der Waals surface area (Å²) >= 11 is 1.87. The molecule has 6 heteroatoms. The Morgan fingerprint density at radius 1 is 1.19 bits per heavy atom. The summed E-state index contributed by atoms with van der Waals surface area (Å²) in [4.78, 5) is 11.0. The molecule has 1 aromatic heterocycles. The van der Waals surface area contributed by atoms with Crippen LogP contribution in [0.25, 0.3) is 0 Å². The van der Waals surface area contributed by atoms with Gasteiger partial charge in [-0.1, -0.05) is 13.0 Å². The molecule has 2 fully saturated rings. The van der Waals surface area contributed by atoms with E-state index < -0.39 is 0 Å². The Morgan fingerprint density at radius 2 is 1.93 bits per heavy atom. The number of nitrogens with zero attached hydrogens (tertiary/aromatic N) is 3. The van der Waals surface area contributed by atoms with Gasteiger partial charge < -0.3 is 15.5 Å². The molecule has 3 rings (SSSR count). The molecule has 0 aliphatic carbocycles. The maximum absolute atomic E-state index is 4.47. The van der Waals surface area contributed by atoms with Crippen molar-refractivity contribution in [1.82, 2.24) is 20.4 Å². The van der Waals surface area contributed by atoms with Gasteiger partial charge in [0.05, 0.1) is 6.04 Å². The van der Waals surface area contributed by atoms with Crippen LogP contribution in [-0.4, -0.2) is 69.1 Å². The van der Waals surface area contributed by atoms with Crippen LogP contribution in [0.3, 0.4) is 0 Å². The first-order chi connectivity index (χ1) is 13.2. The zero-order valence-electron chi connectivity index (χ0n) is 17.3. The molecule has 3 heterocycles. The van der Waals surface area contributed by atoms with E-state index in [1.165, 1.54) is 56.7 Å². The molecule has 5 nitrogen and oxygen atoms in total. The number of hydrogen-bond acceptors (Lipinski definition) is 4. The number of guanidine groups is 1. The Kier molecular flexibility index (Phi) is 7.97.